The van der Waals surface area contributed by atoms with Crippen LogP contribution in [0.4, 0.5) is 26.0 Å². The molecular weight excluding hydrogens is 368 g/mol. The smallest absolute Gasteiger partial charge is 0.160 e. The molecule has 4 rings (SSSR count). The molecule has 0 radical (unpaired) electrons. The summed E-state index contributed by atoms with van der Waals surface area (Å²) in [4.78, 5) is 13.7. The summed E-state index contributed by atoms with van der Waals surface area (Å²) in [5.74, 6) is -1.56. The minimum atomic E-state index is -0.955. The first-order valence-corrected chi connectivity index (χ1v) is 8.77. The van der Waals surface area contributed by atoms with Gasteiger partial charge in [0.15, 0.2) is 17.5 Å². The van der Waals surface area contributed by atoms with Gasteiger partial charge in [0.2, 0.25) is 0 Å². The van der Waals surface area contributed by atoms with E-state index in [1.165, 1.54) is 24.2 Å². The number of hydrogen-bond donors (Lipinski definition) is 2. The third kappa shape index (κ3) is 3.52. The first-order chi connectivity index (χ1) is 13.1. The van der Waals surface area contributed by atoms with E-state index in [0.29, 0.717) is 22.2 Å². The van der Waals surface area contributed by atoms with Gasteiger partial charge < -0.3 is 11.1 Å². The van der Waals surface area contributed by atoms with Crippen molar-refractivity contribution in [3.8, 4) is 0 Å². The average molecular weight is 381 g/mol. The fraction of sp³-hybridized carbons (Fsp3) is 0. The Balaban J connectivity index is 1.66. The molecule has 0 bridgehead atoms. The summed E-state index contributed by atoms with van der Waals surface area (Å²) >= 11 is 1.36. The molecule has 5 nitrogen and oxygen atoms in total. The first kappa shape index (κ1) is 17.2. The number of nitrogens with one attached hydrogen (secondary N) is 1. The largest absolute Gasteiger partial charge is 0.394 e. The number of fused-ring (bicyclic) bond motifs is 1. The second kappa shape index (κ2) is 7.16. The summed E-state index contributed by atoms with van der Waals surface area (Å²) < 4.78 is 26.5. The zero-order chi connectivity index (χ0) is 18.8. The number of nitrogen functional groups attached to an aromatic ring is 1. The van der Waals surface area contributed by atoms with Crippen LogP contribution in [0.2, 0.25) is 0 Å². The molecule has 0 aliphatic carbocycles. The Morgan fingerprint density at radius 1 is 0.926 bits per heavy atom. The number of rotatable bonds is 4. The van der Waals surface area contributed by atoms with Crippen molar-refractivity contribution < 1.29 is 8.78 Å². The van der Waals surface area contributed by atoms with E-state index in [2.05, 4.69) is 20.3 Å². The molecule has 4 aromatic rings. The van der Waals surface area contributed by atoms with Crippen molar-refractivity contribution in [1.82, 2.24) is 15.0 Å². The van der Waals surface area contributed by atoms with Crippen molar-refractivity contribution in [2.75, 3.05) is 11.1 Å². The molecule has 2 aromatic heterocycles. The molecule has 0 unspecified atom stereocenters. The second-order valence-electron chi connectivity index (χ2n) is 5.63. The zero-order valence-electron chi connectivity index (χ0n) is 13.9. The van der Waals surface area contributed by atoms with Crippen molar-refractivity contribution in [2.45, 2.75) is 9.92 Å². The highest BCUT2D eigenvalue weighted by Crippen LogP contribution is 2.36. The van der Waals surface area contributed by atoms with Crippen LogP contribution >= 0.6 is 11.8 Å². The number of benzene rings is 2. The summed E-state index contributed by atoms with van der Waals surface area (Å²) in [5, 5.41) is 4.44. The Labute approximate surface area is 157 Å². The van der Waals surface area contributed by atoms with Gasteiger partial charge in [-0.2, -0.15) is 0 Å². The minimum absolute atomic E-state index is 0.306. The SMILES string of the molecule is Nc1c(Nc2ccc(F)c(F)c2)ncnc1Sc1cccc2cccnc12. The van der Waals surface area contributed by atoms with Crippen molar-refractivity contribution in [3.63, 3.8) is 0 Å². The molecule has 134 valence electrons. The Hall–Kier alpha value is -3.26. The summed E-state index contributed by atoms with van der Waals surface area (Å²) in [5.41, 5.74) is 7.68. The molecule has 0 fully saturated rings. The molecule has 0 atom stereocenters. The van der Waals surface area contributed by atoms with Crippen LogP contribution in [0.25, 0.3) is 10.9 Å². The van der Waals surface area contributed by atoms with Gasteiger partial charge in [0.25, 0.3) is 0 Å². The maximum Gasteiger partial charge on any atom is 0.160 e. The number of hydrogen-bond acceptors (Lipinski definition) is 6. The number of anilines is 3. The van der Waals surface area contributed by atoms with Crippen LogP contribution in [0.1, 0.15) is 0 Å². The fourth-order valence-corrected chi connectivity index (χ4v) is 3.46. The lowest BCUT2D eigenvalue weighted by Crippen LogP contribution is -2.03. The van der Waals surface area contributed by atoms with Gasteiger partial charge in [0.05, 0.1) is 5.52 Å². The van der Waals surface area contributed by atoms with Gasteiger partial charge in [-0.15, -0.1) is 0 Å². The van der Waals surface area contributed by atoms with Gasteiger partial charge in [0.1, 0.15) is 17.0 Å². The molecule has 0 aliphatic rings. The summed E-state index contributed by atoms with van der Waals surface area (Å²) in [7, 11) is 0. The average Bonchev–Trinajstić information content (AvgIpc) is 2.68. The molecule has 3 N–H and O–H groups in total. The molecule has 8 heteroatoms. The standard InChI is InChI=1S/C19H13F2N5S/c20-13-7-6-12(9-14(13)21)26-18-16(22)19(25-10-24-18)27-15-5-1-3-11-4-2-8-23-17(11)15/h1-10H,22H2,(H,24,25,26). The van der Waals surface area contributed by atoms with Crippen LogP contribution < -0.4 is 11.1 Å². The summed E-state index contributed by atoms with van der Waals surface area (Å²) in [6.07, 6.45) is 3.09. The predicted molar refractivity (Wildman–Crippen MR) is 102 cm³/mol. The highest BCUT2D eigenvalue weighted by atomic mass is 32.2. The minimum Gasteiger partial charge on any atom is -0.394 e. The van der Waals surface area contributed by atoms with E-state index in [0.717, 1.165) is 27.9 Å². The third-order valence-corrected chi connectivity index (χ3v) is 4.90. The number of nitrogens with zero attached hydrogens (tertiary/aromatic N) is 3. The van der Waals surface area contributed by atoms with Crippen LogP contribution in [0.5, 0.6) is 0 Å². The number of para-hydroxylation sites is 1. The zero-order valence-corrected chi connectivity index (χ0v) is 14.7. The second-order valence-corrected chi connectivity index (χ2v) is 6.66. The van der Waals surface area contributed by atoms with Crippen molar-refractivity contribution >= 4 is 39.9 Å². The van der Waals surface area contributed by atoms with Crippen molar-refractivity contribution in [3.05, 3.63) is 72.7 Å². The molecule has 0 saturated heterocycles. The molecule has 0 spiro atoms. The van der Waals surface area contributed by atoms with E-state index in [4.69, 9.17) is 5.73 Å². The first-order valence-electron chi connectivity index (χ1n) is 7.96. The molecule has 0 aliphatic heterocycles. The van der Waals surface area contributed by atoms with Crippen molar-refractivity contribution in [1.29, 1.82) is 0 Å². The van der Waals surface area contributed by atoms with Crippen LogP contribution in [-0.4, -0.2) is 15.0 Å². The molecule has 2 heterocycles. The van der Waals surface area contributed by atoms with Gasteiger partial charge in [-0.25, -0.2) is 18.7 Å². The third-order valence-electron chi connectivity index (χ3n) is 3.83. The lowest BCUT2D eigenvalue weighted by Gasteiger charge is -2.11. The van der Waals surface area contributed by atoms with Gasteiger partial charge in [0, 0.05) is 28.2 Å². The lowest BCUT2D eigenvalue weighted by atomic mass is 10.2. The molecule has 0 saturated carbocycles. The number of pyridine rings is 1. The van der Waals surface area contributed by atoms with Crippen LogP contribution in [-0.2, 0) is 0 Å². The number of nitrogens with two attached hydrogens (primary N) is 1. The van der Waals surface area contributed by atoms with E-state index in [1.54, 1.807) is 6.20 Å². The van der Waals surface area contributed by atoms with E-state index < -0.39 is 11.6 Å². The molecule has 0 amide bonds. The Morgan fingerprint density at radius 3 is 2.63 bits per heavy atom. The van der Waals surface area contributed by atoms with Gasteiger partial charge in [-0.1, -0.05) is 30.0 Å². The van der Waals surface area contributed by atoms with Crippen LogP contribution in [0, 0.1) is 11.6 Å². The topological polar surface area (TPSA) is 76.7 Å². The lowest BCUT2D eigenvalue weighted by molar-refractivity contribution is 0.509. The van der Waals surface area contributed by atoms with E-state index in [1.807, 2.05) is 30.3 Å². The predicted octanol–water partition coefficient (Wildman–Crippen LogP) is 4.78. The van der Waals surface area contributed by atoms with Gasteiger partial charge in [-0.3, -0.25) is 4.98 Å². The Bertz CT molecular complexity index is 1130. The summed E-state index contributed by atoms with van der Waals surface area (Å²) in [6.45, 7) is 0. The molecular formula is C19H13F2N5S. The van der Waals surface area contributed by atoms with Crippen molar-refractivity contribution in [2.24, 2.45) is 0 Å². The molecule has 2 aromatic carbocycles. The quantitative estimate of drug-likeness (QED) is 0.496. The fourth-order valence-electron chi connectivity index (χ4n) is 2.53. The van der Waals surface area contributed by atoms with E-state index in [-0.39, 0.29) is 0 Å². The van der Waals surface area contributed by atoms with E-state index in [9.17, 15) is 8.78 Å². The van der Waals surface area contributed by atoms with E-state index >= 15 is 0 Å². The maximum absolute atomic E-state index is 13.4. The van der Waals surface area contributed by atoms with Gasteiger partial charge in [-0.05, 0) is 24.3 Å². The van der Waals surface area contributed by atoms with Crippen LogP contribution in [0.15, 0.2) is 71.0 Å². The van der Waals surface area contributed by atoms with Gasteiger partial charge >= 0.3 is 0 Å². The molecule has 27 heavy (non-hydrogen) atoms. The van der Waals surface area contributed by atoms with Crippen LogP contribution in [0.3, 0.4) is 0 Å². The Morgan fingerprint density at radius 2 is 1.78 bits per heavy atom. The monoisotopic (exact) mass is 381 g/mol. The highest BCUT2D eigenvalue weighted by molar-refractivity contribution is 7.99. The number of aromatic nitrogens is 3. The normalized spacial score (nSPS) is 10.9. The Kier molecular flexibility index (Phi) is 4.55. The summed E-state index contributed by atoms with van der Waals surface area (Å²) in [6, 6.07) is 13.2. The highest BCUT2D eigenvalue weighted by Gasteiger charge is 2.13. The maximum atomic E-state index is 13.4. The number of halogens is 2.